The molecular weight excluding hydrogens is 338 g/mol. The number of carbonyl (C=O) groups is 2. The predicted molar refractivity (Wildman–Crippen MR) is 104 cm³/mol. The summed E-state index contributed by atoms with van der Waals surface area (Å²) in [7, 11) is 0. The summed E-state index contributed by atoms with van der Waals surface area (Å²) in [6.45, 7) is 4.91. The smallest absolute Gasteiger partial charge is 0.243 e. The van der Waals surface area contributed by atoms with Gasteiger partial charge in [-0.3, -0.25) is 9.59 Å². The van der Waals surface area contributed by atoms with Gasteiger partial charge in [0.25, 0.3) is 0 Å². The molecule has 0 radical (unpaired) electrons. The van der Waals surface area contributed by atoms with Crippen LogP contribution in [0.3, 0.4) is 0 Å². The summed E-state index contributed by atoms with van der Waals surface area (Å²) < 4.78 is 0. The quantitative estimate of drug-likeness (QED) is 0.798. The number of likely N-dealkylation sites (tertiary alicyclic amines) is 1. The minimum Gasteiger partial charge on any atom is -0.351 e. The van der Waals surface area contributed by atoms with Gasteiger partial charge < -0.3 is 15.5 Å². The zero-order chi connectivity index (χ0) is 18.6. The van der Waals surface area contributed by atoms with Gasteiger partial charge in [0.15, 0.2) is 0 Å². The van der Waals surface area contributed by atoms with Crippen LogP contribution in [0.15, 0.2) is 0 Å². The minimum absolute atomic E-state index is 0.101. The first-order valence-corrected chi connectivity index (χ1v) is 11.4. The van der Waals surface area contributed by atoms with E-state index in [1.54, 1.807) is 0 Å². The van der Waals surface area contributed by atoms with Crippen molar-refractivity contribution in [3.63, 3.8) is 0 Å². The second-order valence-corrected chi connectivity index (χ2v) is 10.4. The number of rotatable bonds is 3. The van der Waals surface area contributed by atoms with Crippen LogP contribution in [0.25, 0.3) is 0 Å². The molecular formula is C22H35N3O2. The lowest BCUT2D eigenvalue weighted by Crippen LogP contribution is -2.58. The van der Waals surface area contributed by atoms with Crippen LogP contribution in [0.2, 0.25) is 0 Å². The Kier molecular flexibility index (Phi) is 4.49. The van der Waals surface area contributed by atoms with Crippen LogP contribution in [0.5, 0.6) is 0 Å². The molecule has 6 aliphatic rings. The number of hydrogen-bond acceptors (Lipinski definition) is 3. The molecule has 3 unspecified atom stereocenters. The van der Waals surface area contributed by atoms with Gasteiger partial charge in [0, 0.05) is 12.6 Å². The number of hydrogen-bond donors (Lipinski definition) is 2. The van der Waals surface area contributed by atoms with Gasteiger partial charge in [0.05, 0.1) is 5.41 Å². The molecule has 0 aromatic rings. The Labute approximate surface area is 163 Å². The molecule has 6 fully saturated rings. The van der Waals surface area contributed by atoms with Gasteiger partial charge in [-0.1, -0.05) is 6.92 Å². The van der Waals surface area contributed by atoms with E-state index in [0.717, 1.165) is 75.9 Å². The molecule has 3 atom stereocenters. The lowest BCUT2D eigenvalue weighted by atomic mass is 9.49. The number of nitrogens with zero attached hydrogens (tertiary/aromatic N) is 1. The van der Waals surface area contributed by atoms with Crippen molar-refractivity contribution < 1.29 is 9.59 Å². The summed E-state index contributed by atoms with van der Waals surface area (Å²) in [4.78, 5) is 28.8. The monoisotopic (exact) mass is 373 g/mol. The Morgan fingerprint density at radius 2 is 1.70 bits per heavy atom. The fourth-order valence-corrected chi connectivity index (χ4v) is 7.47. The van der Waals surface area contributed by atoms with Gasteiger partial charge in [-0.2, -0.15) is 0 Å². The molecule has 0 aromatic heterocycles. The van der Waals surface area contributed by atoms with Crippen LogP contribution in [0, 0.1) is 29.1 Å². The van der Waals surface area contributed by atoms with Crippen LogP contribution in [0.4, 0.5) is 0 Å². The van der Waals surface area contributed by atoms with E-state index in [0.29, 0.717) is 11.8 Å². The van der Waals surface area contributed by atoms with E-state index in [9.17, 15) is 9.59 Å². The second-order valence-electron chi connectivity index (χ2n) is 10.4. The van der Waals surface area contributed by atoms with Crippen molar-refractivity contribution in [2.24, 2.45) is 29.1 Å². The van der Waals surface area contributed by atoms with Crippen molar-refractivity contribution >= 4 is 11.8 Å². The van der Waals surface area contributed by atoms with E-state index in [1.807, 2.05) is 4.90 Å². The third-order valence-corrected chi connectivity index (χ3v) is 8.42. The molecule has 0 aromatic carbocycles. The van der Waals surface area contributed by atoms with Gasteiger partial charge in [-0.15, -0.1) is 0 Å². The Balaban J connectivity index is 1.29. The number of carbonyl (C=O) groups excluding carboxylic acids is 2. The first kappa shape index (κ1) is 18.0. The molecule has 2 heterocycles. The third kappa shape index (κ3) is 3.10. The lowest BCUT2D eigenvalue weighted by Gasteiger charge is -2.56. The fourth-order valence-electron chi connectivity index (χ4n) is 7.47. The molecule has 150 valence electrons. The lowest BCUT2D eigenvalue weighted by molar-refractivity contribution is -0.160. The standard InChI is InChI=1S/C22H35N3O2/c1-14-13-23-5-4-18(14)24-20(26)19-3-2-6-25(19)21(27)22-10-15-7-16(11-22)9-17(8-15)12-22/h14-19,23H,2-13H2,1H3,(H,24,26). The van der Waals surface area contributed by atoms with E-state index in [4.69, 9.17) is 0 Å². The summed E-state index contributed by atoms with van der Waals surface area (Å²) in [5.41, 5.74) is -0.125. The van der Waals surface area contributed by atoms with E-state index in [1.165, 1.54) is 19.3 Å². The molecule has 2 aliphatic heterocycles. The summed E-state index contributed by atoms with van der Waals surface area (Å²) in [5, 5.41) is 6.69. The van der Waals surface area contributed by atoms with Crippen LogP contribution in [-0.2, 0) is 9.59 Å². The Morgan fingerprint density at radius 3 is 2.33 bits per heavy atom. The fraction of sp³-hybridized carbons (Fsp3) is 0.909. The second kappa shape index (κ2) is 6.75. The maximum atomic E-state index is 13.7. The minimum atomic E-state index is -0.229. The molecule has 6 rings (SSSR count). The largest absolute Gasteiger partial charge is 0.351 e. The van der Waals surface area contributed by atoms with Crippen LogP contribution >= 0.6 is 0 Å². The normalized spacial score (nSPS) is 45.9. The van der Waals surface area contributed by atoms with Crippen molar-refractivity contribution in [3.8, 4) is 0 Å². The molecule has 2 N–H and O–H groups in total. The Hall–Kier alpha value is -1.10. The van der Waals surface area contributed by atoms with Crippen molar-refractivity contribution in [3.05, 3.63) is 0 Å². The highest BCUT2D eigenvalue weighted by Gasteiger charge is 2.56. The van der Waals surface area contributed by atoms with Crippen LogP contribution in [-0.4, -0.2) is 48.4 Å². The highest BCUT2D eigenvalue weighted by Crippen LogP contribution is 2.60. The Bertz CT molecular complexity index is 583. The first-order valence-electron chi connectivity index (χ1n) is 11.4. The molecule has 2 amide bonds. The maximum Gasteiger partial charge on any atom is 0.243 e. The molecule has 5 heteroatoms. The molecule has 2 saturated heterocycles. The van der Waals surface area contributed by atoms with Gasteiger partial charge in [0.2, 0.25) is 11.8 Å². The van der Waals surface area contributed by atoms with Gasteiger partial charge in [0.1, 0.15) is 6.04 Å². The first-order chi connectivity index (χ1) is 13.0. The molecule has 4 saturated carbocycles. The highest BCUT2D eigenvalue weighted by atomic mass is 16.2. The van der Waals surface area contributed by atoms with Gasteiger partial charge in [-0.05, 0) is 94.5 Å². The third-order valence-electron chi connectivity index (χ3n) is 8.42. The van der Waals surface area contributed by atoms with E-state index < -0.39 is 0 Å². The van der Waals surface area contributed by atoms with Crippen LogP contribution < -0.4 is 10.6 Å². The average molecular weight is 374 g/mol. The average Bonchev–Trinajstić information content (AvgIpc) is 3.11. The zero-order valence-corrected chi connectivity index (χ0v) is 16.7. The SMILES string of the molecule is CC1CNCCC1NC(=O)C1CCCN1C(=O)C12CC3CC(CC(C3)C1)C2. The van der Waals surface area contributed by atoms with Crippen molar-refractivity contribution in [1.82, 2.24) is 15.5 Å². The van der Waals surface area contributed by atoms with E-state index >= 15 is 0 Å². The molecule has 4 aliphatic carbocycles. The molecule has 5 nitrogen and oxygen atoms in total. The summed E-state index contributed by atoms with van der Waals surface area (Å²) in [6.07, 6.45) is 10.1. The summed E-state index contributed by atoms with van der Waals surface area (Å²) >= 11 is 0. The summed E-state index contributed by atoms with van der Waals surface area (Å²) in [6, 6.07) is 0.0171. The predicted octanol–water partition coefficient (Wildman–Crippen LogP) is 2.31. The topological polar surface area (TPSA) is 61.4 Å². The number of nitrogens with one attached hydrogen (secondary N) is 2. The van der Waals surface area contributed by atoms with Crippen molar-refractivity contribution in [2.75, 3.05) is 19.6 Å². The number of amides is 2. The molecule has 4 bridgehead atoms. The maximum absolute atomic E-state index is 13.7. The van der Waals surface area contributed by atoms with E-state index in [2.05, 4.69) is 17.6 Å². The number of piperidine rings is 1. The van der Waals surface area contributed by atoms with Crippen molar-refractivity contribution in [2.45, 2.75) is 76.8 Å². The summed E-state index contributed by atoms with van der Waals surface area (Å²) in [5.74, 6) is 3.19. The molecule has 0 spiro atoms. The Morgan fingerprint density at radius 1 is 1.04 bits per heavy atom. The van der Waals surface area contributed by atoms with Gasteiger partial charge >= 0.3 is 0 Å². The van der Waals surface area contributed by atoms with E-state index in [-0.39, 0.29) is 23.4 Å². The highest BCUT2D eigenvalue weighted by molar-refractivity contribution is 5.91. The van der Waals surface area contributed by atoms with Crippen LogP contribution in [0.1, 0.15) is 64.7 Å². The van der Waals surface area contributed by atoms with Crippen molar-refractivity contribution in [1.29, 1.82) is 0 Å². The molecule has 27 heavy (non-hydrogen) atoms. The van der Waals surface area contributed by atoms with Gasteiger partial charge in [-0.25, -0.2) is 0 Å². The zero-order valence-electron chi connectivity index (χ0n) is 16.7.